The van der Waals surface area contributed by atoms with Gasteiger partial charge in [-0.25, -0.2) is 9.59 Å². The van der Waals surface area contributed by atoms with E-state index in [2.05, 4.69) is 11.2 Å². The van der Waals surface area contributed by atoms with E-state index in [9.17, 15) is 9.59 Å². The maximum Gasteiger partial charge on any atom is 0.350 e. The molecule has 1 aromatic carbocycles. The predicted molar refractivity (Wildman–Crippen MR) is 72.3 cm³/mol. The smallest absolute Gasteiger partial charge is 0.350 e. The third-order valence-electron chi connectivity index (χ3n) is 2.53. The molecule has 102 valence electrons. The monoisotopic (exact) mass is 271 g/mol. The molecule has 5 heteroatoms. The number of benzene rings is 1. The van der Waals surface area contributed by atoms with Crippen LogP contribution in [-0.2, 0) is 19.1 Å². The van der Waals surface area contributed by atoms with Crippen molar-refractivity contribution >= 4 is 17.6 Å². The Labute approximate surface area is 116 Å². The Morgan fingerprint density at radius 1 is 1.25 bits per heavy atom. The van der Waals surface area contributed by atoms with Crippen LogP contribution >= 0.6 is 0 Å². The second-order valence-corrected chi connectivity index (χ2v) is 4.61. The number of rotatable bonds is 2. The highest BCUT2D eigenvalue weighted by atomic mass is 16.7. The van der Waals surface area contributed by atoms with Crippen LogP contribution in [0, 0.1) is 12.3 Å². The van der Waals surface area contributed by atoms with Gasteiger partial charge < -0.3 is 14.8 Å². The van der Waals surface area contributed by atoms with Gasteiger partial charge in [0.05, 0.1) is 0 Å². The third-order valence-corrected chi connectivity index (χ3v) is 2.53. The van der Waals surface area contributed by atoms with E-state index in [0.29, 0.717) is 11.3 Å². The molecule has 1 N–H and O–H groups in total. The molecule has 0 atom stereocenters. The molecule has 0 radical (unpaired) electrons. The first-order valence-corrected chi connectivity index (χ1v) is 5.91. The molecule has 5 nitrogen and oxygen atoms in total. The van der Waals surface area contributed by atoms with Gasteiger partial charge >= 0.3 is 11.9 Å². The Morgan fingerprint density at radius 3 is 2.50 bits per heavy atom. The summed E-state index contributed by atoms with van der Waals surface area (Å²) < 4.78 is 9.93. The topological polar surface area (TPSA) is 64.6 Å². The zero-order chi connectivity index (χ0) is 14.8. The van der Waals surface area contributed by atoms with E-state index in [1.165, 1.54) is 20.0 Å². The number of nitrogens with one attached hydrogen (secondary N) is 1. The van der Waals surface area contributed by atoms with Gasteiger partial charge in [-0.2, -0.15) is 0 Å². The minimum atomic E-state index is -1.24. The lowest BCUT2D eigenvalue weighted by molar-refractivity contribution is -0.222. The number of carbonyl (C=O) groups excluding carboxylic acids is 2. The van der Waals surface area contributed by atoms with Crippen molar-refractivity contribution in [3.05, 3.63) is 41.6 Å². The molecule has 0 aliphatic carbocycles. The molecule has 0 aromatic heterocycles. The van der Waals surface area contributed by atoms with Gasteiger partial charge in [-0.1, -0.05) is 12.0 Å². The van der Waals surface area contributed by atoms with E-state index in [1.807, 2.05) is 0 Å². The molecule has 0 bridgehead atoms. The van der Waals surface area contributed by atoms with Crippen LogP contribution in [0.1, 0.15) is 19.4 Å². The molecule has 2 rings (SSSR count). The average Bonchev–Trinajstić information content (AvgIpc) is 2.36. The summed E-state index contributed by atoms with van der Waals surface area (Å²) in [5.74, 6) is -0.211. The number of esters is 2. The van der Waals surface area contributed by atoms with E-state index in [4.69, 9.17) is 15.9 Å². The van der Waals surface area contributed by atoms with Crippen molar-refractivity contribution in [3.63, 3.8) is 0 Å². The van der Waals surface area contributed by atoms with Crippen LogP contribution in [0.15, 0.2) is 36.0 Å². The summed E-state index contributed by atoms with van der Waals surface area (Å²) in [4.78, 5) is 23.4. The number of carbonyl (C=O) groups is 2. The summed E-state index contributed by atoms with van der Waals surface area (Å²) in [7, 11) is 0. The van der Waals surface area contributed by atoms with Crippen molar-refractivity contribution in [2.45, 2.75) is 19.6 Å². The van der Waals surface area contributed by atoms with Crippen molar-refractivity contribution in [3.8, 4) is 12.3 Å². The lowest BCUT2D eigenvalue weighted by Crippen LogP contribution is -2.42. The Balaban J connectivity index is 2.17. The van der Waals surface area contributed by atoms with Crippen LogP contribution in [0.4, 0.5) is 5.69 Å². The average molecular weight is 271 g/mol. The first-order valence-electron chi connectivity index (χ1n) is 5.91. The van der Waals surface area contributed by atoms with Crippen LogP contribution in [0.3, 0.4) is 0 Å². The molecule has 0 spiro atoms. The van der Waals surface area contributed by atoms with Gasteiger partial charge in [0.15, 0.2) is 5.57 Å². The van der Waals surface area contributed by atoms with Crippen molar-refractivity contribution < 1.29 is 19.1 Å². The Bertz CT molecular complexity index is 616. The number of cyclic esters (lactones) is 2. The second kappa shape index (κ2) is 5.10. The lowest BCUT2D eigenvalue weighted by Gasteiger charge is -2.29. The Hall–Kier alpha value is -2.74. The van der Waals surface area contributed by atoms with Gasteiger partial charge in [0.25, 0.3) is 5.79 Å². The van der Waals surface area contributed by atoms with Gasteiger partial charge in [-0.15, -0.1) is 6.42 Å². The van der Waals surface area contributed by atoms with Crippen molar-refractivity contribution in [1.29, 1.82) is 0 Å². The molecule has 20 heavy (non-hydrogen) atoms. The van der Waals surface area contributed by atoms with Crippen molar-refractivity contribution in [2.75, 3.05) is 5.32 Å². The summed E-state index contributed by atoms with van der Waals surface area (Å²) >= 11 is 0. The largest absolute Gasteiger partial charge is 0.419 e. The summed E-state index contributed by atoms with van der Waals surface area (Å²) in [6.07, 6.45) is 6.54. The summed E-state index contributed by atoms with van der Waals surface area (Å²) in [5.41, 5.74) is 1.14. The van der Waals surface area contributed by atoms with Crippen molar-refractivity contribution in [1.82, 2.24) is 0 Å². The minimum absolute atomic E-state index is 0.199. The normalized spacial score (nSPS) is 16.8. The molecule has 0 unspecified atom stereocenters. The molecule has 1 aromatic rings. The van der Waals surface area contributed by atoms with Gasteiger partial charge in [0.1, 0.15) is 0 Å². The van der Waals surface area contributed by atoms with Crippen LogP contribution < -0.4 is 5.32 Å². The summed E-state index contributed by atoms with van der Waals surface area (Å²) in [6.45, 7) is 2.98. The van der Waals surface area contributed by atoms with E-state index in [1.54, 1.807) is 24.3 Å². The maximum absolute atomic E-state index is 11.7. The van der Waals surface area contributed by atoms with E-state index >= 15 is 0 Å². The van der Waals surface area contributed by atoms with E-state index in [-0.39, 0.29) is 5.57 Å². The number of anilines is 1. The quantitative estimate of drug-likeness (QED) is 0.384. The molecule has 1 aliphatic rings. The second-order valence-electron chi connectivity index (χ2n) is 4.61. The molecule has 0 amide bonds. The van der Waals surface area contributed by atoms with Crippen LogP contribution in [0.25, 0.3) is 0 Å². The van der Waals surface area contributed by atoms with Crippen LogP contribution in [-0.4, -0.2) is 17.7 Å². The number of ether oxygens (including phenoxy) is 2. The van der Waals surface area contributed by atoms with Gasteiger partial charge in [-0.05, 0) is 18.2 Å². The molecule has 0 saturated carbocycles. The highest BCUT2D eigenvalue weighted by Gasteiger charge is 2.38. The zero-order valence-electron chi connectivity index (χ0n) is 11.1. The highest BCUT2D eigenvalue weighted by molar-refractivity contribution is 6.15. The fourth-order valence-corrected chi connectivity index (χ4v) is 1.63. The van der Waals surface area contributed by atoms with Crippen molar-refractivity contribution in [2.24, 2.45) is 0 Å². The Morgan fingerprint density at radius 2 is 1.90 bits per heavy atom. The molecule has 1 heterocycles. The summed E-state index contributed by atoms with van der Waals surface area (Å²) in [5, 5.41) is 2.82. The summed E-state index contributed by atoms with van der Waals surface area (Å²) in [6, 6.07) is 6.99. The fourth-order valence-electron chi connectivity index (χ4n) is 1.63. The maximum atomic E-state index is 11.7. The number of hydrogen-bond acceptors (Lipinski definition) is 5. The predicted octanol–water partition coefficient (Wildman–Crippen LogP) is 1.80. The van der Waals surface area contributed by atoms with Gasteiger partial charge in [0.2, 0.25) is 0 Å². The lowest BCUT2D eigenvalue weighted by atomic mass is 10.2. The fraction of sp³-hybridized carbons (Fsp3) is 0.200. The third kappa shape index (κ3) is 2.98. The minimum Gasteiger partial charge on any atom is -0.419 e. The highest BCUT2D eigenvalue weighted by Crippen LogP contribution is 2.22. The van der Waals surface area contributed by atoms with Gasteiger partial charge in [-0.3, -0.25) is 0 Å². The molecule has 1 saturated heterocycles. The van der Waals surface area contributed by atoms with Crippen LogP contribution in [0.5, 0.6) is 0 Å². The van der Waals surface area contributed by atoms with E-state index in [0.717, 1.165) is 0 Å². The first-order chi connectivity index (χ1) is 9.41. The van der Waals surface area contributed by atoms with Crippen LogP contribution in [0.2, 0.25) is 0 Å². The number of hydrogen-bond donors (Lipinski definition) is 1. The van der Waals surface area contributed by atoms with Gasteiger partial charge in [0, 0.05) is 31.3 Å². The number of terminal acetylenes is 1. The standard InChI is InChI=1S/C15H13NO4/c1-4-10-6-5-7-11(8-10)16-9-12-13(17)19-15(2,3)20-14(12)18/h1,5-9,16H,2-3H3. The SMILES string of the molecule is C#Cc1cccc(NC=C2C(=O)OC(C)(C)OC2=O)c1. The Kier molecular flexibility index (Phi) is 3.49. The molecular weight excluding hydrogens is 258 g/mol. The molecule has 1 fully saturated rings. The van der Waals surface area contributed by atoms with E-state index < -0.39 is 17.7 Å². The molecular formula is C15H13NO4. The zero-order valence-corrected chi connectivity index (χ0v) is 11.1. The molecule has 1 aliphatic heterocycles. The first kappa shape index (κ1) is 13.7.